The van der Waals surface area contributed by atoms with Gasteiger partial charge in [0.15, 0.2) is 0 Å². The number of hydrogen-bond acceptors (Lipinski definition) is 4. The number of imide groups is 1. The molecule has 29 heavy (non-hydrogen) atoms. The van der Waals surface area contributed by atoms with Crippen LogP contribution in [0.5, 0.6) is 5.75 Å². The molecule has 4 amide bonds. The number of para-hydroxylation sites is 2. The molecule has 0 aliphatic carbocycles. The van der Waals surface area contributed by atoms with Gasteiger partial charge < -0.3 is 10.1 Å². The molecule has 0 aromatic heterocycles. The zero-order chi connectivity index (χ0) is 21.1. The Balaban J connectivity index is 1.73. The number of nitrogens with one attached hydrogen (secondary N) is 1. The first kappa shape index (κ1) is 20.2. The molecule has 152 valence electrons. The summed E-state index contributed by atoms with van der Waals surface area (Å²) in [5, 5.41) is 2.40. The highest BCUT2D eigenvalue weighted by atomic mass is 19.3. The Morgan fingerprint density at radius 3 is 2.45 bits per heavy atom. The third kappa shape index (κ3) is 4.34. The van der Waals surface area contributed by atoms with E-state index in [1.54, 1.807) is 19.1 Å². The van der Waals surface area contributed by atoms with E-state index in [2.05, 4.69) is 10.1 Å². The van der Waals surface area contributed by atoms with Crippen molar-refractivity contribution >= 4 is 29.2 Å². The van der Waals surface area contributed by atoms with Crippen molar-refractivity contribution in [2.75, 3.05) is 16.8 Å². The molecule has 0 saturated carbocycles. The largest absolute Gasteiger partial charge is 0.433 e. The minimum absolute atomic E-state index is 0.0142. The molecule has 1 N–H and O–H groups in total. The molecule has 1 aliphatic heterocycles. The van der Waals surface area contributed by atoms with E-state index in [4.69, 9.17) is 0 Å². The number of hydrogen-bond donors (Lipinski definition) is 1. The molecule has 0 bridgehead atoms. The van der Waals surface area contributed by atoms with Crippen molar-refractivity contribution in [2.45, 2.75) is 26.5 Å². The van der Waals surface area contributed by atoms with Crippen molar-refractivity contribution in [3.8, 4) is 5.75 Å². The molecule has 1 atom stereocenters. The van der Waals surface area contributed by atoms with Gasteiger partial charge in [-0.2, -0.15) is 8.78 Å². The van der Waals surface area contributed by atoms with E-state index in [0.717, 1.165) is 10.5 Å². The van der Waals surface area contributed by atoms with Gasteiger partial charge in [-0.1, -0.05) is 29.8 Å². The number of carbonyl (C=O) groups is 3. The third-order valence-electron chi connectivity index (χ3n) is 4.44. The molecule has 7 nitrogen and oxygen atoms in total. The van der Waals surface area contributed by atoms with Crippen LogP contribution in [0.1, 0.15) is 12.5 Å². The lowest BCUT2D eigenvalue weighted by Gasteiger charge is -2.19. The Kier molecular flexibility index (Phi) is 5.76. The molecule has 1 aliphatic rings. The van der Waals surface area contributed by atoms with Gasteiger partial charge in [0.25, 0.3) is 5.91 Å². The van der Waals surface area contributed by atoms with Gasteiger partial charge in [-0.05, 0) is 38.1 Å². The molecule has 3 rings (SSSR count). The second kappa shape index (κ2) is 8.26. The van der Waals surface area contributed by atoms with Crippen molar-refractivity contribution in [3.05, 3.63) is 54.1 Å². The first-order valence-electron chi connectivity index (χ1n) is 8.83. The Morgan fingerprint density at radius 1 is 1.14 bits per heavy atom. The maximum atomic E-state index is 12.7. The maximum Gasteiger partial charge on any atom is 0.387 e. The van der Waals surface area contributed by atoms with Crippen LogP contribution in [0, 0.1) is 6.92 Å². The smallest absolute Gasteiger partial charge is 0.387 e. The minimum Gasteiger partial charge on any atom is -0.433 e. The number of nitrogens with zero attached hydrogens (tertiary/aromatic N) is 2. The fraction of sp³-hybridized carbons (Fsp3) is 0.250. The average molecular weight is 403 g/mol. The van der Waals surface area contributed by atoms with Gasteiger partial charge in [0.1, 0.15) is 18.3 Å². The van der Waals surface area contributed by atoms with E-state index in [-0.39, 0.29) is 11.4 Å². The number of carbonyl (C=O) groups excluding carboxylic acids is 3. The van der Waals surface area contributed by atoms with Crippen LogP contribution in [0.2, 0.25) is 0 Å². The van der Waals surface area contributed by atoms with E-state index in [1.807, 2.05) is 19.1 Å². The lowest BCUT2D eigenvalue weighted by molar-refractivity contribution is -0.130. The summed E-state index contributed by atoms with van der Waals surface area (Å²) in [7, 11) is 0. The molecular formula is C20H19F2N3O4. The first-order valence-corrected chi connectivity index (χ1v) is 8.83. The Labute approximate surface area is 165 Å². The van der Waals surface area contributed by atoms with Crippen molar-refractivity contribution in [2.24, 2.45) is 0 Å². The van der Waals surface area contributed by atoms with Crippen LogP contribution in [0.15, 0.2) is 48.5 Å². The van der Waals surface area contributed by atoms with E-state index in [0.29, 0.717) is 5.69 Å². The van der Waals surface area contributed by atoms with Crippen LogP contribution in [-0.4, -0.2) is 41.9 Å². The average Bonchev–Trinajstić information content (AvgIpc) is 2.87. The number of rotatable bonds is 6. The summed E-state index contributed by atoms with van der Waals surface area (Å²) in [5.41, 5.74) is 1.56. The monoisotopic (exact) mass is 403 g/mol. The molecule has 1 fully saturated rings. The van der Waals surface area contributed by atoms with Crippen molar-refractivity contribution in [1.29, 1.82) is 0 Å². The van der Waals surface area contributed by atoms with E-state index in [9.17, 15) is 23.2 Å². The van der Waals surface area contributed by atoms with E-state index >= 15 is 0 Å². The van der Waals surface area contributed by atoms with E-state index in [1.165, 1.54) is 29.2 Å². The normalized spacial score (nSPS) is 16.5. The van der Waals surface area contributed by atoms with Crippen LogP contribution in [-0.2, 0) is 9.59 Å². The molecule has 0 spiro atoms. The summed E-state index contributed by atoms with van der Waals surface area (Å²) in [6.45, 7) is -0.133. The molecule has 1 heterocycles. The minimum atomic E-state index is -3.06. The molecule has 1 saturated heterocycles. The van der Waals surface area contributed by atoms with Gasteiger partial charge in [-0.25, -0.2) is 4.79 Å². The van der Waals surface area contributed by atoms with Crippen LogP contribution in [0.3, 0.4) is 0 Å². The second-order valence-electron chi connectivity index (χ2n) is 6.51. The predicted molar refractivity (Wildman–Crippen MR) is 102 cm³/mol. The number of anilines is 2. The Hall–Kier alpha value is -3.49. The second-order valence-corrected chi connectivity index (χ2v) is 6.51. The molecule has 0 unspecified atom stereocenters. The van der Waals surface area contributed by atoms with Gasteiger partial charge in [-0.15, -0.1) is 0 Å². The highest BCUT2D eigenvalue weighted by Gasteiger charge is 2.44. The van der Waals surface area contributed by atoms with Gasteiger partial charge in [0.2, 0.25) is 5.91 Å². The number of halogens is 2. The number of urea groups is 1. The Bertz CT molecular complexity index is 934. The summed E-state index contributed by atoms with van der Waals surface area (Å²) in [6, 6.07) is 11.3. The molecule has 9 heteroatoms. The number of aryl methyl sites for hydroxylation is 1. The summed E-state index contributed by atoms with van der Waals surface area (Å²) in [4.78, 5) is 39.8. The van der Waals surface area contributed by atoms with Crippen molar-refractivity contribution in [1.82, 2.24) is 4.90 Å². The van der Waals surface area contributed by atoms with Crippen molar-refractivity contribution in [3.63, 3.8) is 0 Å². The third-order valence-corrected chi connectivity index (χ3v) is 4.44. The highest BCUT2D eigenvalue weighted by molar-refractivity contribution is 6.16. The van der Waals surface area contributed by atoms with Gasteiger partial charge >= 0.3 is 12.6 Å². The van der Waals surface area contributed by atoms with Crippen LogP contribution >= 0.6 is 0 Å². The van der Waals surface area contributed by atoms with E-state index < -0.39 is 37.0 Å². The zero-order valence-corrected chi connectivity index (χ0v) is 15.8. The SMILES string of the molecule is Cc1ccc(N2C(=O)N(CC(=O)Nc3ccccc3OC(F)F)C(=O)[C@@H]2C)cc1. The maximum absolute atomic E-state index is 12.7. The number of amides is 4. The summed E-state index contributed by atoms with van der Waals surface area (Å²) in [6.07, 6.45) is 0. The van der Waals surface area contributed by atoms with Crippen LogP contribution in [0.4, 0.5) is 25.0 Å². The number of benzene rings is 2. The first-order chi connectivity index (χ1) is 13.8. The number of ether oxygens (including phenoxy) is 1. The lowest BCUT2D eigenvalue weighted by atomic mass is 10.2. The molecule has 0 radical (unpaired) electrons. The molecule has 2 aromatic carbocycles. The molecular weight excluding hydrogens is 384 g/mol. The topological polar surface area (TPSA) is 79.0 Å². The quantitative estimate of drug-likeness (QED) is 0.750. The van der Waals surface area contributed by atoms with Gasteiger partial charge in [0, 0.05) is 5.69 Å². The lowest BCUT2D eigenvalue weighted by Crippen LogP contribution is -2.39. The summed E-state index contributed by atoms with van der Waals surface area (Å²) in [5.74, 6) is -1.46. The Morgan fingerprint density at radius 2 is 1.79 bits per heavy atom. The fourth-order valence-corrected chi connectivity index (χ4v) is 3.01. The van der Waals surface area contributed by atoms with Crippen LogP contribution < -0.4 is 15.0 Å². The standard InChI is InChI=1S/C20H19F2N3O4/c1-12-7-9-14(10-8-12)25-13(2)18(27)24(20(25)28)11-17(26)23-15-5-3-4-6-16(15)29-19(21)22/h3-10,13,19H,11H2,1-2H3,(H,23,26)/t13-/m0/s1. The summed E-state index contributed by atoms with van der Waals surface area (Å²) < 4.78 is 29.4. The zero-order valence-electron chi connectivity index (χ0n) is 15.8. The molecule has 2 aromatic rings. The van der Waals surface area contributed by atoms with Gasteiger partial charge in [0.05, 0.1) is 5.69 Å². The predicted octanol–water partition coefficient (Wildman–Crippen LogP) is 3.39. The fourth-order valence-electron chi connectivity index (χ4n) is 3.01. The van der Waals surface area contributed by atoms with Gasteiger partial charge in [-0.3, -0.25) is 19.4 Å². The van der Waals surface area contributed by atoms with Crippen molar-refractivity contribution < 1.29 is 27.9 Å². The van der Waals surface area contributed by atoms with Crippen LogP contribution in [0.25, 0.3) is 0 Å². The number of alkyl halides is 2. The summed E-state index contributed by atoms with van der Waals surface area (Å²) >= 11 is 0. The highest BCUT2D eigenvalue weighted by Crippen LogP contribution is 2.27.